The number of aromatic nitrogens is 3. The lowest BCUT2D eigenvalue weighted by atomic mass is 10.2. The standard InChI is InChI=1S/C9H7N5O2/c15-14(16)9-4-2-1-3-8(9)5-12-13-6-10-11-7-13/h1-7H/b12-5+. The number of nitrogens with zero attached hydrogens (tertiary/aromatic N) is 5. The molecule has 0 N–H and O–H groups in total. The molecule has 0 saturated heterocycles. The molecule has 0 radical (unpaired) electrons. The van der Waals surface area contributed by atoms with Crippen LogP contribution in [0.4, 0.5) is 5.69 Å². The lowest BCUT2D eigenvalue weighted by Crippen LogP contribution is -1.95. The second-order valence-electron chi connectivity index (χ2n) is 2.90. The zero-order valence-electron chi connectivity index (χ0n) is 8.09. The highest BCUT2D eigenvalue weighted by molar-refractivity contribution is 5.85. The Kier molecular flexibility index (Phi) is 2.68. The number of benzene rings is 1. The Bertz CT molecular complexity index is 520. The molecule has 0 fully saturated rings. The Labute approximate surface area is 90.2 Å². The minimum absolute atomic E-state index is 0.0133. The molecule has 16 heavy (non-hydrogen) atoms. The van der Waals surface area contributed by atoms with Gasteiger partial charge in [0.25, 0.3) is 5.69 Å². The topological polar surface area (TPSA) is 86.2 Å². The van der Waals surface area contributed by atoms with Crippen molar-refractivity contribution in [3.8, 4) is 0 Å². The van der Waals surface area contributed by atoms with E-state index in [0.29, 0.717) is 5.56 Å². The molecule has 0 bridgehead atoms. The molecule has 0 aliphatic heterocycles. The third kappa shape index (κ3) is 2.08. The molecule has 1 aromatic carbocycles. The molecule has 0 aliphatic rings. The number of rotatable bonds is 3. The van der Waals surface area contributed by atoms with Crippen molar-refractivity contribution in [2.24, 2.45) is 5.10 Å². The van der Waals surface area contributed by atoms with E-state index in [0.717, 1.165) is 0 Å². The van der Waals surface area contributed by atoms with E-state index < -0.39 is 4.92 Å². The van der Waals surface area contributed by atoms with Crippen molar-refractivity contribution in [3.63, 3.8) is 0 Å². The van der Waals surface area contributed by atoms with E-state index in [1.807, 2.05) is 0 Å². The van der Waals surface area contributed by atoms with E-state index in [1.165, 1.54) is 29.6 Å². The summed E-state index contributed by atoms with van der Waals surface area (Å²) in [5.41, 5.74) is 0.445. The molecule has 0 saturated carbocycles. The van der Waals surface area contributed by atoms with Crippen LogP contribution in [0.2, 0.25) is 0 Å². The van der Waals surface area contributed by atoms with Crippen molar-refractivity contribution in [1.29, 1.82) is 0 Å². The summed E-state index contributed by atoms with van der Waals surface area (Å²) >= 11 is 0. The first kappa shape index (κ1) is 9.97. The van der Waals surface area contributed by atoms with E-state index >= 15 is 0 Å². The monoisotopic (exact) mass is 217 g/mol. The number of nitro groups is 1. The van der Waals surface area contributed by atoms with Crippen LogP contribution in [0.25, 0.3) is 0 Å². The van der Waals surface area contributed by atoms with Gasteiger partial charge in [-0.25, -0.2) is 4.68 Å². The van der Waals surface area contributed by atoms with Gasteiger partial charge in [-0.05, 0) is 6.07 Å². The van der Waals surface area contributed by atoms with E-state index in [9.17, 15) is 10.1 Å². The van der Waals surface area contributed by atoms with Gasteiger partial charge < -0.3 is 0 Å². The largest absolute Gasteiger partial charge is 0.278 e. The summed E-state index contributed by atoms with van der Waals surface area (Å²) in [5, 5.41) is 21.8. The van der Waals surface area contributed by atoms with Crippen LogP contribution in [0.1, 0.15) is 5.56 Å². The van der Waals surface area contributed by atoms with Crippen molar-refractivity contribution >= 4 is 11.9 Å². The van der Waals surface area contributed by atoms with Crippen LogP contribution in [-0.2, 0) is 0 Å². The fourth-order valence-corrected chi connectivity index (χ4v) is 1.15. The highest BCUT2D eigenvalue weighted by Gasteiger charge is 2.09. The average Bonchev–Trinajstić information content (AvgIpc) is 2.79. The van der Waals surface area contributed by atoms with E-state index in [-0.39, 0.29) is 5.69 Å². The van der Waals surface area contributed by atoms with Gasteiger partial charge in [-0.3, -0.25) is 10.1 Å². The van der Waals surface area contributed by atoms with Crippen molar-refractivity contribution in [1.82, 2.24) is 14.9 Å². The Balaban J connectivity index is 2.31. The number of hydrogen-bond donors (Lipinski definition) is 0. The molecule has 0 aliphatic carbocycles. The number of para-hydroxylation sites is 1. The summed E-state index contributed by atoms with van der Waals surface area (Å²) < 4.78 is 1.36. The molecule has 2 rings (SSSR count). The summed E-state index contributed by atoms with van der Waals surface area (Å²) in [6.45, 7) is 0. The average molecular weight is 217 g/mol. The van der Waals surface area contributed by atoms with E-state index in [2.05, 4.69) is 15.3 Å². The van der Waals surface area contributed by atoms with Crippen LogP contribution in [0.3, 0.4) is 0 Å². The zero-order valence-corrected chi connectivity index (χ0v) is 8.09. The van der Waals surface area contributed by atoms with Gasteiger partial charge in [-0.15, -0.1) is 10.2 Å². The van der Waals surface area contributed by atoms with Gasteiger partial charge in [0, 0.05) is 6.07 Å². The van der Waals surface area contributed by atoms with Crippen LogP contribution >= 0.6 is 0 Å². The molecule has 7 heteroatoms. The zero-order chi connectivity index (χ0) is 11.4. The first-order chi connectivity index (χ1) is 7.77. The van der Waals surface area contributed by atoms with Crippen molar-refractivity contribution < 1.29 is 4.92 Å². The minimum Gasteiger partial charge on any atom is -0.258 e. The quantitative estimate of drug-likeness (QED) is 0.437. The molecule has 1 aromatic heterocycles. The highest BCUT2D eigenvalue weighted by Crippen LogP contribution is 2.15. The Morgan fingerprint density at radius 2 is 2.00 bits per heavy atom. The van der Waals surface area contributed by atoms with E-state index in [1.54, 1.807) is 18.2 Å². The lowest BCUT2D eigenvalue weighted by Gasteiger charge is -1.95. The summed E-state index contributed by atoms with van der Waals surface area (Å²) in [5.74, 6) is 0. The maximum Gasteiger partial charge on any atom is 0.278 e. The number of nitro benzene ring substituents is 1. The second kappa shape index (κ2) is 4.30. The maximum absolute atomic E-state index is 10.7. The van der Waals surface area contributed by atoms with Crippen molar-refractivity contribution in [2.45, 2.75) is 0 Å². The van der Waals surface area contributed by atoms with Crippen LogP contribution in [0, 0.1) is 10.1 Å². The van der Waals surface area contributed by atoms with Gasteiger partial charge in [0.1, 0.15) is 12.7 Å². The normalized spacial score (nSPS) is 10.8. The maximum atomic E-state index is 10.7. The summed E-state index contributed by atoms with van der Waals surface area (Å²) in [4.78, 5) is 10.2. The molecule has 7 nitrogen and oxygen atoms in total. The number of hydrogen-bond acceptors (Lipinski definition) is 5. The Morgan fingerprint density at radius 3 is 2.69 bits per heavy atom. The molecule has 0 spiro atoms. The Morgan fingerprint density at radius 1 is 1.31 bits per heavy atom. The van der Waals surface area contributed by atoms with Crippen LogP contribution in [0.15, 0.2) is 42.0 Å². The van der Waals surface area contributed by atoms with Crippen molar-refractivity contribution in [2.75, 3.05) is 0 Å². The minimum atomic E-state index is -0.451. The SMILES string of the molecule is O=[N+]([O-])c1ccccc1/C=N/n1cnnc1. The van der Waals surface area contributed by atoms with Gasteiger partial charge in [-0.2, -0.15) is 5.10 Å². The summed E-state index contributed by atoms with van der Waals surface area (Å²) in [7, 11) is 0. The van der Waals surface area contributed by atoms with Gasteiger partial charge in [0.15, 0.2) is 0 Å². The molecule has 0 amide bonds. The molecular formula is C9H7N5O2. The molecule has 2 aromatic rings. The lowest BCUT2D eigenvalue weighted by molar-refractivity contribution is -0.385. The predicted molar refractivity (Wildman–Crippen MR) is 56.1 cm³/mol. The summed E-state index contributed by atoms with van der Waals surface area (Å²) in [6.07, 6.45) is 4.18. The molecule has 0 unspecified atom stereocenters. The first-order valence-corrected chi connectivity index (χ1v) is 4.40. The third-order valence-electron chi connectivity index (χ3n) is 1.87. The van der Waals surface area contributed by atoms with Crippen LogP contribution in [0.5, 0.6) is 0 Å². The van der Waals surface area contributed by atoms with Crippen LogP contribution in [-0.4, -0.2) is 26.0 Å². The van der Waals surface area contributed by atoms with Gasteiger partial charge >= 0.3 is 0 Å². The summed E-state index contributed by atoms with van der Waals surface area (Å²) in [6, 6.07) is 6.36. The third-order valence-corrected chi connectivity index (χ3v) is 1.87. The smallest absolute Gasteiger partial charge is 0.258 e. The van der Waals surface area contributed by atoms with Crippen molar-refractivity contribution in [3.05, 3.63) is 52.6 Å². The first-order valence-electron chi connectivity index (χ1n) is 4.40. The van der Waals surface area contributed by atoms with Gasteiger partial charge in [-0.1, -0.05) is 12.1 Å². The predicted octanol–water partition coefficient (Wildman–Crippen LogP) is 1.07. The molecule has 1 heterocycles. The van der Waals surface area contributed by atoms with Gasteiger partial charge in [0.2, 0.25) is 0 Å². The molecule has 80 valence electrons. The Hall–Kier alpha value is -2.57. The van der Waals surface area contributed by atoms with Gasteiger partial charge in [0.05, 0.1) is 16.7 Å². The fraction of sp³-hybridized carbons (Fsp3) is 0. The fourth-order valence-electron chi connectivity index (χ4n) is 1.15. The highest BCUT2D eigenvalue weighted by atomic mass is 16.6. The second-order valence-corrected chi connectivity index (χ2v) is 2.90. The van der Waals surface area contributed by atoms with E-state index in [4.69, 9.17) is 0 Å². The molecule has 0 atom stereocenters. The molecular weight excluding hydrogens is 210 g/mol. The van der Waals surface area contributed by atoms with Crippen LogP contribution < -0.4 is 0 Å².